The lowest BCUT2D eigenvalue weighted by Gasteiger charge is -2.42. The molecule has 3 rings (SSSR count). The predicted molar refractivity (Wildman–Crippen MR) is 129 cm³/mol. The van der Waals surface area contributed by atoms with Crippen LogP contribution in [-0.2, 0) is 25.1 Å². The predicted octanol–water partition coefficient (Wildman–Crippen LogP) is 6.77. The number of hydrogen-bond acceptors (Lipinski definition) is 3. The fourth-order valence-corrected chi connectivity index (χ4v) is 5.38. The Balaban J connectivity index is 1.95. The highest BCUT2D eigenvalue weighted by molar-refractivity contribution is 7.86. The second kappa shape index (κ2) is 8.22. The first-order valence-corrected chi connectivity index (χ1v) is 12.5. The number of hydrogen-bond donors (Lipinski definition) is 0. The Morgan fingerprint density at radius 3 is 2.03 bits per heavy atom. The van der Waals surface area contributed by atoms with Crippen molar-refractivity contribution in [3.05, 3.63) is 70.8 Å². The Morgan fingerprint density at radius 2 is 1.52 bits per heavy atom. The summed E-state index contributed by atoms with van der Waals surface area (Å²) in [5, 5.41) is 0. The third-order valence-corrected chi connectivity index (χ3v) is 7.87. The minimum atomic E-state index is -3.74. The Bertz CT molecular complexity index is 1090. The van der Waals surface area contributed by atoms with E-state index >= 15 is 0 Å². The van der Waals surface area contributed by atoms with Crippen LogP contribution >= 0.6 is 0 Å². The monoisotopic (exact) mass is 440 g/mol. The molecule has 0 fully saturated rings. The maximum absolute atomic E-state index is 12.4. The maximum Gasteiger partial charge on any atom is 0.296 e. The van der Waals surface area contributed by atoms with Crippen LogP contribution in [0.3, 0.4) is 0 Å². The van der Waals surface area contributed by atoms with Gasteiger partial charge >= 0.3 is 0 Å². The van der Waals surface area contributed by atoms with Crippen LogP contribution in [0.25, 0.3) is 5.57 Å². The fourth-order valence-electron chi connectivity index (χ4n) is 4.32. The van der Waals surface area contributed by atoms with E-state index in [4.69, 9.17) is 4.18 Å². The van der Waals surface area contributed by atoms with Gasteiger partial charge in [-0.05, 0) is 82.0 Å². The van der Waals surface area contributed by atoms with Crippen molar-refractivity contribution in [2.45, 2.75) is 77.0 Å². The van der Waals surface area contributed by atoms with Gasteiger partial charge in [0, 0.05) is 0 Å². The SMILES string of the molecule is C=C(c1ccc(S(=O)(=O)OCC(C)C)cc1)c1cc2c(cc1C)C(C)(C)CCC2(C)C. The number of rotatable bonds is 6. The zero-order chi connectivity index (χ0) is 23.2. The summed E-state index contributed by atoms with van der Waals surface area (Å²) in [4.78, 5) is 0.176. The summed E-state index contributed by atoms with van der Waals surface area (Å²) in [7, 11) is -3.74. The topological polar surface area (TPSA) is 43.4 Å². The van der Waals surface area contributed by atoms with E-state index in [1.54, 1.807) is 12.1 Å². The lowest BCUT2D eigenvalue weighted by molar-refractivity contribution is 0.275. The van der Waals surface area contributed by atoms with Crippen LogP contribution in [0.4, 0.5) is 0 Å². The summed E-state index contributed by atoms with van der Waals surface area (Å²) in [5.74, 6) is 0.148. The van der Waals surface area contributed by atoms with Crippen LogP contribution < -0.4 is 0 Å². The normalized spacial score (nSPS) is 17.4. The third-order valence-electron chi connectivity index (χ3n) is 6.57. The lowest BCUT2D eigenvalue weighted by Crippen LogP contribution is -2.34. The number of aryl methyl sites for hydroxylation is 1. The minimum absolute atomic E-state index is 0.124. The van der Waals surface area contributed by atoms with Gasteiger partial charge in [-0.1, -0.05) is 72.4 Å². The van der Waals surface area contributed by atoms with Crippen molar-refractivity contribution in [1.82, 2.24) is 0 Å². The molecule has 1 aliphatic rings. The minimum Gasteiger partial charge on any atom is -0.266 e. The van der Waals surface area contributed by atoms with E-state index in [0.29, 0.717) is 0 Å². The lowest BCUT2D eigenvalue weighted by atomic mass is 9.62. The molecule has 0 amide bonds. The summed E-state index contributed by atoms with van der Waals surface area (Å²) in [6.07, 6.45) is 2.34. The van der Waals surface area contributed by atoms with Gasteiger partial charge in [0.25, 0.3) is 10.1 Å². The van der Waals surface area contributed by atoms with E-state index in [1.165, 1.54) is 23.1 Å². The maximum atomic E-state index is 12.4. The van der Waals surface area contributed by atoms with E-state index in [2.05, 4.69) is 53.3 Å². The van der Waals surface area contributed by atoms with Crippen LogP contribution in [0, 0.1) is 12.8 Å². The molecule has 0 heterocycles. The molecule has 2 aromatic carbocycles. The van der Waals surface area contributed by atoms with E-state index in [1.807, 2.05) is 26.0 Å². The smallest absolute Gasteiger partial charge is 0.266 e. The van der Waals surface area contributed by atoms with Crippen molar-refractivity contribution in [1.29, 1.82) is 0 Å². The van der Waals surface area contributed by atoms with Gasteiger partial charge < -0.3 is 0 Å². The first kappa shape index (κ1) is 23.7. The van der Waals surface area contributed by atoms with Crippen molar-refractivity contribution in [3.63, 3.8) is 0 Å². The quantitative estimate of drug-likeness (QED) is 0.466. The second-order valence-electron chi connectivity index (χ2n) is 10.6. The van der Waals surface area contributed by atoms with Gasteiger partial charge in [0.2, 0.25) is 0 Å². The highest BCUT2D eigenvalue weighted by Gasteiger charge is 2.37. The molecular formula is C27H36O3S. The summed E-state index contributed by atoms with van der Waals surface area (Å²) >= 11 is 0. The van der Waals surface area contributed by atoms with E-state index in [0.717, 1.165) is 23.1 Å². The van der Waals surface area contributed by atoms with Crippen LogP contribution in [0.5, 0.6) is 0 Å². The molecule has 0 aliphatic heterocycles. The van der Waals surface area contributed by atoms with Crippen molar-refractivity contribution in [2.75, 3.05) is 6.61 Å². The van der Waals surface area contributed by atoms with Crippen molar-refractivity contribution in [2.24, 2.45) is 5.92 Å². The van der Waals surface area contributed by atoms with Crippen LogP contribution in [0.1, 0.15) is 82.2 Å². The zero-order valence-electron chi connectivity index (χ0n) is 20.0. The molecule has 1 aliphatic carbocycles. The van der Waals surface area contributed by atoms with Gasteiger partial charge in [-0.3, -0.25) is 4.18 Å². The average molecular weight is 441 g/mol. The van der Waals surface area contributed by atoms with Gasteiger partial charge in [0.15, 0.2) is 0 Å². The molecule has 0 radical (unpaired) electrons. The van der Waals surface area contributed by atoms with Crippen molar-refractivity contribution >= 4 is 15.7 Å². The molecule has 0 atom stereocenters. The molecule has 0 spiro atoms. The van der Waals surface area contributed by atoms with Gasteiger partial charge in [-0.25, -0.2) is 0 Å². The van der Waals surface area contributed by atoms with Crippen molar-refractivity contribution in [3.8, 4) is 0 Å². The van der Waals surface area contributed by atoms with Gasteiger partial charge in [-0.2, -0.15) is 8.42 Å². The van der Waals surface area contributed by atoms with Crippen molar-refractivity contribution < 1.29 is 12.6 Å². The first-order chi connectivity index (χ1) is 14.2. The third kappa shape index (κ3) is 4.80. The van der Waals surface area contributed by atoms with Gasteiger partial charge in [0.1, 0.15) is 0 Å². The Labute approximate surface area is 188 Å². The molecule has 0 saturated carbocycles. The van der Waals surface area contributed by atoms with E-state index < -0.39 is 10.1 Å². The zero-order valence-corrected chi connectivity index (χ0v) is 20.8. The molecular weight excluding hydrogens is 404 g/mol. The first-order valence-electron chi connectivity index (χ1n) is 11.1. The summed E-state index contributed by atoms with van der Waals surface area (Å²) in [6, 6.07) is 11.5. The molecule has 0 unspecified atom stereocenters. The molecule has 0 saturated heterocycles. The molecule has 4 heteroatoms. The van der Waals surface area contributed by atoms with E-state index in [-0.39, 0.29) is 28.3 Å². The molecule has 0 aromatic heterocycles. The Hall–Kier alpha value is -1.91. The second-order valence-corrected chi connectivity index (χ2v) is 12.2. The van der Waals surface area contributed by atoms with Crippen LogP contribution in [0.15, 0.2) is 47.9 Å². The fraction of sp³-hybridized carbons (Fsp3) is 0.481. The molecule has 0 N–H and O–H groups in total. The number of fused-ring (bicyclic) bond motifs is 1. The van der Waals surface area contributed by atoms with Gasteiger partial charge in [-0.15, -0.1) is 0 Å². The van der Waals surface area contributed by atoms with Gasteiger partial charge in [0.05, 0.1) is 11.5 Å². The molecule has 31 heavy (non-hydrogen) atoms. The Morgan fingerprint density at radius 1 is 1.00 bits per heavy atom. The summed E-state index contributed by atoms with van der Waals surface area (Å²) < 4.78 is 29.9. The highest BCUT2D eigenvalue weighted by atomic mass is 32.2. The van der Waals surface area contributed by atoms with Crippen LogP contribution in [-0.4, -0.2) is 15.0 Å². The standard InChI is InChI=1S/C27H36O3S/c1-18(2)17-30-31(28,29)22-11-9-21(10-12-22)20(4)23-16-25-24(15-19(23)3)26(5,6)13-14-27(25,7)8/h9-12,15-16,18H,4,13-14,17H2,1-3,5-8H3. The highest BCUT2D eigenvalue weighted by Crippen LogP contribution is 2.47. The molecule has 2 aromatic rings. The number of benzene rings is 2. The van der Waals surface area contributed by atoms with Crippen LogP contribution in [0.2, 0.25) is 0 Å². The summed E-state index contributed by atoms with van der Waals surface area (Å²) in [6.45, 7) is 19.8. The largest absolute Gasteiger partial charge is 0.296 e. The molecule has 0 bridgehead atoms. The molecule has 3 nitrogen and oxygen atoms in total. The average Bonchev–Trinajstić information content (AvgIpc) is 2.69. The van der Waals surface area contributed by atoms with E-state index in [9.17, 15) is 8.42 Å². The summed E-state index contributed by atoms with van der Waals surface area (Å²) in [5.41, 5.74) is 7.27. The molecule has 168 valence electrons. The Kier molecular flexibility index (Phi) is 6.29.